The Morgan fingerprint density at radius 1 is 1.35 bits per heavy atom. The standard InChI is InChI=1S/C15H17NO4/c1-2-13(17)10-5-6-12-11(8-10)9-14(18)16(12)7-3-4-15(19)20/h5-6,8H,2-4,7,9H2,1H3,(H,19,20). The van der Waals surface area contributed by atoms with Gasteiger partial charge in [-0.15, -0.1) is 0 Å². The number of aliphatic carboxylic acids is 1. The molecule has 1 aromatic rings. The Hall–Kier alpha value is -2.17. The van der Waals surface area contributed by atoms with Crippen molar-refractivity contribution in [1.29, 1.82) is 0 Å². The minimum atomic E-state index is -0.860. The average molecular weight is 275 g/mol. The van der Waals surface area contributed by atoms with Crippen LogP contribution >= 0.6 is 0 Å². The van der Waals surface area contributed by atoms with Crippen molar-refractivity contribution in [3.8, 4) is 0 Å². The van der Waals surface area contributed by atoms with Crippen LogP contribution in [0.2, 0.25) is 0 Å². The number of hydrogen-bond donors (Lipinski definition) is 1. The van der Waals surface area contributed by atoms with Gasteiger partial charge in [0.25, 0.3) is 0 Å². The molecule has 5 nitrogen and oxygen atoms in total. The monoisotopic (exact) mass is 275 g/mol. The second kappa shape index (κ2) is 5.86. The van der Waals surface area contributed by atoms with Crippen LogP contribution in [0.4, 0.5) is 5.69 Å². The second-order valence-corrected chi connectivity index (χ2v) is 4.84. The van der Waals surface area contributed by atoms with Crippen LogP contribution < -0.4 is 4.90 Å². The van der Waals surface area contributed by atoms with Gasteiger partial charge < -0.3 is 10.0 Å². The molecule has 2 rings (SSSR count). The number of ketones is 1. The fraction of sp³-hybridized carbons (Fsp3) is 0.400. The van der Waals surface area contributed by atoms with E-state index < -0.39 is 5.97 Å². The van der Waals surface area contributed by atoms with E-state index in [1.807, 2.05) is 0 Å². The lowest BCUT2D eigenvalue weighted by Crippen LogP contribution is -2.28. The Morgan fingerprint density at radius 2 is 2.10 bits per heavy atom. The molecule has 0 saturated heterocycles. The molecule has 0 unspecified atom stereocenters. The zero-order valence-electron chi connectivity index (χ0n) is 11.4. The SMILES string of the molecule is CCC(=O)c1ccc2c(c1)CC(=O)N2CCCC(=O)O. The van der Waals surface area contributed by atoms with Gasteiger partial charge in [-0.25, -0.2) is 0 Å². The highest BCUT2D eigenvalue weighted by atomic mass is 16.4. The lowest BCUT2D eigenvalue weighted by atomic mass is 10.0. The minimum Gasteiger partial charge on any atom is -0.481 e. The van der Waals surface area contributed by atoms with Crippen molar-refractivity contribution in [2.45, 2.75) is 32.6 Å². The summed E-state index contributed by atoms with van der Waals surface area (Å²) in [6, 6.07) is 5.29. The van der Waals surface area contributed by atoms with E-state index in [1.54, 1.807) is 30.0 Å². The van der Waals surface area contributed by atoms with E-state index in [-0.39, 0.29) is 24.5 Å². The first-order chi connectivity index (χ1) is 9.52. The molecule has 0 bridgehead atoms. The number of nitrogens with zero attached hydrogens (tertiary/aromatic N) is 1. The van der Waals surface area contributed by atoms with Crippen LogP contribution in [0.25, 0.3) is 0 Å². The Labute approximate surface area is 117 Å². The molecule has 0 spiro atoms. The zero-order valence-corrected chi connectivity index (χ0v) is 11.4. The lowest BCUT2D eigenvalue weighted by Gasteiger charge is -2.17. The van der Waals surface area contributed by atoms with Crippen molar-refractivity contribution in [3.63, 3.8) is 0 Å². The number of fused-ring (bicyclic) bond motifs is 1. The Bertz CT molecular complexity index is 565. The molecule has 0 fully saturated rings. The molecule has 1 N–H and O–H groups in total. The maximum Gasteiger partial charge on any atom is 0.303 e. The third-order valence-electron chi connectivity index (χ3n) is 3.43. The van der Waals surface area contributed by atoms with Crippen LogP contribution in [0, 0.1) is 0 Å². The first kappa shape index (κ1) is 14.2. The van der Waals surface area contributed by atoms with E-state index in [9.17, 15) is 14.4 Å². The summed E-state index contributed by atoms with van der Waals surface area (Å²) in [5, 5.41) is 8.63. The van der Waals surface area contributed by atoms with Gasteiger partial charge in [-0.1, -0.05) is 6.92 Å². The van der Waals surface area contributed by atoms with Gasteiger partial charge in [0.1, 0.15) is 0 Å². The molecule has 1 aromatic carbocycles. The highest BCUT2D eigenvalue weighted by molar-refractivity contribution is 6.03. The first-order valence-corrected chi connectivity index (χ1v) is 6.71. The summed E-state index contributed by atoms with van der Waals surface area (Å²) >= 11 is 0. The van der Waals surface area contributed by atoms with Crippen molar-refractivity contribution in [2.24, 2.45) is 0 Å². The summed E-state index contributed by atoms with van der Waals surface area (Å²) in [7, 11) is 0. The predicted octanol–water partition coefficient (Wildman–Crippen LogP) is 2.03. The van der Waals surface area contributed by atoms with Gasteiger partial charge in [-0.2, -0.15) is 0 Å². The van der Waals surface area contributed by atoms with E-state index in [2.05, 4.69) is 0 Å². The smallest absolute Gasteiger partial charge is 0.303 e. The molecular weight excluding hydrogens is 258 g/mol. The number of anilines is 1. The molecular formula is C15H17NO4. The number of carbonyl (C=O) groups excluding carboxylic acids is 2. The molecule has 0 saturated carbocycles. The van der Waals surface area contributed by atoms with E-state index >= 15 is 0 Å². The predicted molar refractivity (Wildman–Crippen MR) is 74.0 cm³/mol. The molecule has 0 aromatic heterocycles. The summed E-state index contributed by atoms with van der Waals surface area (Å²) in [6.45, 7) is 2.21. The van der Waals surface area contributed by atoms with Gasteiger partial charge in [0.15, 0.2) is 5.78 Å². The third kappa shape index (κ3) is 2.87. The summed E-state index contributed by atoms with van der Waals surface area (Å²) in [5.74, 6) is -0.836. The van der Waals surface area contributed by atoms with E-state index in [0.717, 1.165) is 11.3 Å². The fourth-order valence-corrected chi connectivity index (χ4v) is 2.39. The molecule has 1 heterocycles. The molecule has 0 radical (unpaired) electrons. The van der Waals surface area contributed by atoms with Crippen molar-refractivity contribution >= 4 is 23.3 Å². The van der Waals surface area contributed by atoms with Crippen LogP contribution in [0.1, 0.15) is 42.1 Å². The highest BCUT2D eigenvalue weighted by Crippen LogP contribution is 2.30. The maximum atomic E-state index is 12.0. The molecule has 1 amide bonds. The van der Waals surface area contributed by atoms with Gasteiger partial charge in [-0.05, 0) is 30.2 Å². The van der Waals surface area contributed by atoms with E-state index in [0.29, 0.717) is 24.9 Å². The molecule has 1 aliphatic rings. The molecule has 0 atom stereocenters. The molecule has 106 valence electrons. The van der Waals surface area contributed by atoms with Crippen molar-refractivity contribution in [2.75, 3.05) is 11.4 Å². The van der Waals surface area contributed by atoms with Crippen LogP contribution in [0.3, 0.4) is 0 Å². The topological polar surface area (TPSA) is 74.7 Å². The third-order valence-corrected chi connectivity index (χ3v) is 3.43. The fourth-order valence-electron chi connectivity index (χ4n) is 2.39. The quantitative estimate of drug-likeness (QED) is 0.806. The van der Waals surface area contributed by atoms with Gasteiger partial charge in [0, 0.05) is 30.6 Å². The molecule has 0 aliphatic carbocycles. The summed E-state index contributed by atoms with van der Waals surface area (Å²) in [6.07, 6.45) is 1.20. The number of amides is 1. The van der Waals surface area contributed by atoms with E-state index in [4.69, 9.17) is 5.11 Å². The Kier molecular flexibility index (Phi) is 4.17. The van der Waals surface area contributed by atoms with Gasteiger partial charge in [-0.3, -0.25) is 14.4 Å². The Morgan fingerprint density at radius 3 is 2.75 bits per heavy atom. The van der Waals surface area contributed by atoms with Crippen LogP contribution in [-0.4, -0.2) is 29.3 Å². The zero-order chi connectivity index (χ0) is 14.7. The summed E-state index contributed by atoms with van der Waals surface area (Å²) < 4.78 is 0. The Balaban J connectivity index is 2.15. The largest absolute Gasteiger partial charge is 0.481 e. The van der Waals surface area contributed by atoms with Crippen molar-refractivity contribution in [1.82, 2.24) is 0 Å². The van der Waals surface area contributed by atoms with Gasteiger partial charge >= 0.3 is 5.97 Å². The highest BCUT2D eigenvalue weighted by Gasteiger charge is 2.27. The minimum absolute atomic E-state index is 0.0357. The number of hydrogen-bond acceptors (Lipinski definition) is 3. The second-order valence-electron chi connectivity index (χ2n) is 4.84. The number of Topliss-reactive ketones (excluding diaryl/α,β-unsaturated/α-hetero) is 1. The maximum absolute atomic E-state index is 12.0. The lowest BCUT2D eigenvalue weighted by molar-refractivity contribution is -0.137. The molecule has 20 heavy (non-hydrogen) atoms. The number of rotatable bonds is 6. The molecule has 1 aliphatic heterocycles. The number of carboxylic acid groups (broad SMARTS) is 1. The van der Waals surface area contributed by atoms with E-state index in [1.165, 1.54) is 0 Å². The van der Waals surface area contributed by atoms with Crippen LogP contribution in [0.5, 0.6) is 0 Å². The normalized spacial score (nSPS) is 13.4. The van der Waals surface area contributed by atoms with Crippen molar-refractivity contribution in [3.05, 3.63) is 29.3 Å². The number of carboxylic acids is 1. The first-order valence-electron chi connectivity index (χ1n) is 6.71. The summed E-state index contributed by atoms with van der Waals surface area (Å²) in [4.78, 5) is 35.7. The molecule has 5 heteroatoms. The number of carbonyl (C=O) groups is 3. The van der Waals surface area contributed by atoms with Gasteiger partial charge in [0.05, 0.1) is 6.42 Å². The number of benzene rings is 1. The van der Waals surface area contributed by atoms with Gasteiger partial charge in [0.2, 0.25) is 5.91 Å². The van der Waals surface area contributed by atoms with Crippen molar-refractivity contribution < 1.29 is 19.5 Å². The van der Waals surface area contributed by atoms with Crippen LogP contribution in [0.15, 0.2) is 18.2 Å². The summed E-state index contributed by atoms with van der Waals surface area (Å²) in [5.41, 5.74) is 2.28. The average Bonchev–Trinajstić information content (AvgIpc) is 2.73. The van der Waals surface area contributed by atoms with Crippen LogP contribution in [-0.2, 0) is 16.0 Å².